The third-order valence-corrected chi connectivity index (χ3v) is 5.79. The molecule has 0 aromatic heterocycles. The van der Waals surface area contributed by atoms with E-state index in [-0.39, 0.29) is 0 Å². The zero-order chi connectivity index (χ0) is 14.8. The standard InChI is InChI=1S/C19H29NO/c1-13-6-4-8-18(14(13)2)20-19-9-5-7-15-10-11-16(21-3)12-17(15)19/h10-14,18-20H,4-9H2,1-3H3. The van der Waals surface area contributed by atoms with Crippen molar-refractivity contribution in [2.75, 3.05) is 7.11 Å². The smallest absolute Gasteiger partial charge is 0.119 e. The van der Waals surface area contributed by atoms with Crippen LogP contribution in [-0.2, 0) is 6.42 Å². The Labute approximate surface area is 129 Å². The maximum Gasteiger partial charge on any atom is 0.119 e. The van der Waals surface area contributed by atoms with Crippen molar-refractivity contribution in [3.8, 4) is 5.75 Å². The van der Waals surface area contributed by atoms with Crippen molar-refractivity contribution in [1.82, 2.24) is 5.32 Å². The third-order valence-electron chi connectivity index (χ3n) is 5.79. The molecule has 1 N–H and O–H groups in total. The van der Waals surface area contributed by atoms with Crippen molar-refractivity contribution < 1.29 is 4.74 Å². The molecular weight excluding hydrogens is 258 g/mol. The van der Waals surface area contributed by atoms with Gasteiger partial charge in [0.2, 0.25) is 0 Å². The molecule has 2 aliphatic rings. The first-order valence-electron chi connectivity index (χ1n) is 8.62. The molecule has 0 heterocycles. The second-order valence-electron chi connectivity index (χ2n) is 7.05. The zero-order valence-corrected chi connectivity index (χ0v) is 13.7. The predicted molar refractivity (Wildman–Crippen MR) is 87.8 cm³/mol. The van der Waals surface area contributed by atoms with E-state index in [0.717, 1.165) is 17.6 Å². The van der Waals surface area contributed by atoms with Gasteiger partial charge in [0.15, 0.2) is 0 Å². The van der Waals surface area contributed by atoms with Crippen LogP contribution >= 0.6 is 0 Å². The third kappa shape index (κ3) is 3.11. The maximum atomic E-state index is 5.43. The van der Waals surface area contributed by atoms with Crippen LogP contribution in [0.2, 0.25) is 0 Å². The largest absolute Gasteiger partial charge is 0.497 e. The fourth-order valence-electron chi connectivity index (χ4n) is 4.15. The van der Waals surface area contributed by atoms with Crippen LogP contribution in [0.25, 0.3) is 0 Å². The molecular formula is C19H29NO. The summed E-state index contributed by atoms with van der Waals surface area (Å²) < 4.78 is 5.43. The Morgan fingerprint density at radius 3 is 2.76 bits per heavy atom. The van der Waals surface area contributed by atoms with E-state index in [9.17, 15) is 0 Å². The molecule has 116 valence electrons. The van der Waals surface area contributed by atoms with Crippen molar-refractivity contribution in [2.24, 2.45) is 11.8 Å². The minimum absolute atomic E-state index is 0.515. The van der Waals surface area contributed by atoms with Crippen LogP contribution in [0.5, 0.6) is 5.75 Å². The summed E-state index contributed by atoms with van der Waals surface area (Å²) >= 11 is 0. The van der Waals surface area contributed by atoms with E-state index < -0.39 is 0 Å². The molecule has 4 unspecified atom stereocenters. The number of rotatable bonds is 3. The Balaban J connectivity index is 1.78. The lowest BCUT2D eigenvalue weighted by atomic mass is 9.77. The number of nitrogens with one attached hydrogen (secondary N) is 1. The summed E-state index contributed by atoms with van der Waals surface area (Å²) in [6.45, 7) is 4.84. The van der Waals surface area contributed by atoms with E-state index >= 15 is 0 Å². The molecule has 1 aromatic rings. The van der Waals surface area contributed by atoms with Gasteiger partial charge in [-0.05, 0) is 60.8 Å². The molecule has 0 bridgehead atoms. The minimum atomic E-state index is 0.515. The Hall–Kier alpha value is -1.02. The fourth-order valence-corrected chi connectivity index (χ4v) is 4.15. The maximum absolute atomic E-state index is 5.43. The summed E-state index contributed by atoms with van der Waals surface area (Å²) in [5.74, 6) is 2.63. The second kappa shape index (κ2) is 6.39. The van der Waals surface area contributed by atoms with E-state index in [2.05, 4.69) is 37.4 Å². The Morgan fingerprint density at radius 2 is 1.95 bits per heavy atom. The van der Waals surface area contributed by atoms with Crippen molar-refractivity contribution in [3.63, 3.8) is 0 Å². The molecule has 2 aliphatic carbocycles. The number of methoxy groups -OCH3 is 1. The van der Waals surface area contributed by atoms with Crippen LogP contribution in [0.3, 0.4) is 0 Å². The van der Waals surface area contributed by atoms with E-state index in [1.807, 2.05) is 0 Å². The highest BCUT2D eigenvalue weighted by Crippen LogP contribution is 2.36. The van der Waals surface area contributed by atoms with Crippen molar-refractivity contribution in [2.45, 2.75) is 64.5 Å². The average molecular weight is 287 g/mol. The summed E-state index contributed by atoms with van der Waals surface area (Å²) in [4.78, 5) is 0. The quantitative estimate of drug-likeness (QED) is 0.884. The molecule has 1 aromatic carbocycles. The van der Waals surface area contributed by atoms with Gasteiger partial charge in [0.25, 0.3) is 0 Å². The Morgan fingerprint density at radius 1 is 1.10 bits per heavy atom. The number of ether oxygens (including phenoxy) is 1. The molecule has 1 fully saturated rings. The van der Waals surface area contributed by atoms with Gasteiger partial charge >= 0.3 is 0 Å². The summed E-state index contributed by atoms with van der Waals surface area (Å²) in [6, 6.07) is 7.81. The van der Waals surface area contributed by atoms with E-state index in [4.69, 9.17) is 4.74 Å². The average Bonchev–Trinajstić information content (AvgIpc) is 2.51. The second-order valence-corrected chi connectivity index (χ2v) is 7.05. The molecule has 2 nitrogen and oxygen atoms in total. The Bertz CT molecular complexity index is 484. The number of hydrogen-bond donors (Lipinski definition) is 1. The molecule has 2 heteroatoms. The normalized spacial score (nSPS) is 32.5. The van der Waals surface area contributed by atoms with Gasteiger partial charge in [0.1, 0.15) is 5.75 Å². The summed E-state index contributed by atoms with van der Waals surface area (Å²) in [7, 11) is 1.76. The van der Waals surface area contributed by atoms with Gasteiger partial charge in [-0.15, -0.1) is 0 Å². The fraction of sp³-hybridized carbons (Fsp3) is 0.684. The van der Waals surface area contributed by atoms with Crippen molar-refractivity contribution in [1.29, 1.82) is 0 Å². The lowest BCUT2D eigenvalue weighted by molar-refractivity contribution is 0.189. The molecule has 4 atom stereocenters. The molecule has 3 rings (SSSR count). The molecule has 0 aliphatic heterocycles. The van der Waals surface area contributed by atoms with E-state index in [1.54, 1.807) is 7.11 Å². The van der Waals surface area contributed by atoms with Gasteiger partial charge in [-0.3, -0.25) is 0 Å². The van der Waals surface area contributed by atoms with Crippen LogP contribution < -0.4 is 10.1 Å². The van der Waals surface area contributed by atoms with Gasteiger partial charge in [-0.2, -0.15) is 0 Å². The van der Waals surface area contributed by atoms with Gasteiger partial charge in [-0.25, -0.2) is 0 Å². The zero-order valence-electron chi connectivity index (χ0n) is 13.7. The molecule has 21 heavy (non-hydrogen) atoms. The topological polar surface area (TPSA) is 21.3 Å². The van der Waals surface area contributed by atoms with Crippen LogP contribution in [-0.4, -0.2) is 13.2 Å². The first-order chi connectivity index (χ1) is 10.2. The Kier molecular flexibility index (Phi) is 4.54. The first kappa shape index (κ1) is 14.9. The molecule has 0 spiro atoms. The molecule has 1 saturated carbocycles. The predicted octanol–water partition coefficient (Wildman–Crippen LogP) is 4.49. The van der Waals surface area contributed by atoms with E-state index in [1.165, 1.54) is 49.7 Å². The van der Waals surface area contributed by atoms with Gasteiger partial charge < -0.3 is 10.1 Å². The van der Waals surface area contributed by atoms with Crippen LogP contribution in [0, 0.1) is 11.8 Å². The first-order valence-corrected chi connectivity index (χ1v) is 8.62. The highest BCUT2D eigenvalue weighted by atomic mass is 16.5. The monoisotopic (exact) mass is 287 g/mol. The number of benzene rings is 1. The highest BCUT2D eigenvalue weighted by molar-refractivity contribution is 5.39. The lowest BCUT2D eigenvalue weighted by Gasteiger charge is -2.39. The summed E-state index contributed by atoms with van der Waals surface area (Å²) in [5, 5.41) is 3.99. The van der Waals surface area contributed by atoms with Crippen molar-refractivity contribution >= 4 is 0 Å². The minimum Gasteiger partial charge on any atom is -0.497 e. The van der Waals surface area contributed by atoms with Gasteiger partial charge in [0, 0.05) is 12.1 Å². The van der Waals surface area contributed by atoms with Crippen molar-refractivity contribution in [3.05, 3.63) is 29.3 Å². The molecule has 0 radical (unpaired) electrons. The van der Waals surface area contributed by atoms with Gasteiger partial charge in [-0.1, -0.05) is 32.8 Å². The number of hydrogen-bond acceptors (Lipinski definition) is 2. The lowest BCUT2D eigenvalue weighted by Crippen LogP contribution is -2.43. The summed E-state index contributed by atoms with van der Waals surface area (Å²) in [5.41, 5.74) is 2.99. The number of fused-ring (bicyclic) bond motifs is 1. The number of aryl methyl sites for hydroxylation is 1. The van der Waals surface area contributed by atoms with Crippen LogP contribution in [0.4, 0.5) is 0 Å². The van der Waals surface area contributed by atoms with E-state index in [0.29, 0.717) is 12.1 Å². The molecule has 0 saturated heterocycles. The van der Waals surface area contributed by atoms with Crippen LogP contribution in [0.15, 0.2) is 18.2 Å². The highest BCUT2D eigenvalue weighted by Gasteiger charge is 2.30. The summed E-state index contributed by atoms with van der Waals surface area (Å²) in [6.07, 6.45) is 7.89. The molecule has 0 amide bonds. The van der Waals surface area contributed by atoms with Crippen LogP contribution in [0.1, 0.15) is 63.1 Å². The SMILES string of the molecule is COc1ccc2c(c1)C(NC1CCCC(C)C1C)CCC2. The van der Waals surface area contributed by atoms with Gasteiger partial charge in [0.05, 0.1) is 7.11 Å².